The number of morpholine rings is 1. The van der Waals surface area contributed by atoms with E-state index in [1.54, 1.807) is 12.4 Å². The van der Waals surface area contributed by atoms with Crippen LogP contribution in [0.15, 0.2) is 30.7 Å². The summed E-state index contributed by atoms with van der Waals surface area (Å²) < 4.78 is 7.77. The number of carbonyl (C=O) groups is 1. The molecule has 2 aromatic heterocycles. The first-order valence-electron chi connectivity index (χ1n) is 7.41. The number of ether oxygens (including phenoxy) is 1. The normalized spacial score (nSPS) is 18.5. The fourth-order valence-electron chi connectivity index (χ4n) is 2.76. The molecule has 2 aromatic rings. The van der Waals surface area contributed by atoms with Crippen LogP contribution in [0.5, 0.6) is 0 Å². The summed E-state index contributed by atoms with van der Waals surface area (Å²) in [5.41, 5.74) is 1.89. The Morgan fingerprint density at radius 1 is 1.50 bits per heavy atom. The molecule has 0 aliphatic carbocycles. The van der Waals surface area contributed by atoms with E-state index in [1.165, 1.54) is 0 Å². The van der Waals surface area contributed by atoms with Crippen molar-refractivity contribution < 1.29 is 9.53 Å². The number of pyridine rings is 1. The number of rotatable bonds is 3. The first-order valence-corrected chi connectivity index (χ1v) is 7.41. The summed E-state index contributed by atoms with van der Waals surface area (Å²) in [5, 5.41) is 0. The first-order chi connectivity index (χ1) is 10.6. The molecule has 6 heteroatoms. The minimum absolute atomic E-state index is 0.104. The maximum atomic E-state index is 12.4. The van der Waals surface area contributed by atoms with Crippen LogP contribution in [0.4, 0.5) is 0 Å². The van der Waals surface area contributed by atoms with E-state index < -0.39 is 0 Å². The van der Waals surface area contributed by atoms with Crippen LogP contribution in [0.25, 0.3) is 0 Å². The van der Waals surface area contributed by atoms with Crippen molar-refractivity contribution in [3.8, 4) is 0 Å². The molecule has 3 heterocycles. The van der Waals surface area contributed by atoms with Crippen LogP contribution in [-0.4, -0.2) is 45.0 Å². The van der Waals surface area contributed by atoms with Crippen molar-refractivity contribution >= 4 is 5.91 Å². The standard InChI is InChI=1S/C16H20N4O2/c1-12-10-19(2)16(18-12)14-11-20(6-7-22-14)15(21)8-13-4-3-5-17-9-13/h3-5,9-10,14H,6-8,11H2,1-2H3/t14-/m0/s1. The third-order valence-electron chi connectivity index (χ3n) is 3.82. The highest BCUT2D eigenvalue weighted by Crippen LogP contribution is 2.21. The Hall–Kier alpha value is -2.21. The highest BCUT2D eigenvalue weighted by molar-refractivity contribution is 5.78. The molecular formula is C16H20N4O2. The van der Waals surface area contributed by atoms with E-state index >= 15 is 0 Å². The van der Waals surface area contributed by atoms with Gasteiger partial charge in [-0.1, -0.05) is 6.07 Å². The summed E-state index contributed by atoms with van der Waals surface area (Å²) in [4.78, 5) is 22.9. The van der Waals surface area contributed by atoms with Crippen molar-refractivity contribution in [3.63, 3.8) is 0 Å². The van der Waals surface area contributed by atoms with Gasteiger partial charge in [0.1, 0.15) is 11.9 Å². The van der Waals surface area contributed by atoms with Crippen molar-refractivity contribution in [1.82, 2.24) is 19.4 Å². The Balaban J connectivity index is 1.68. The molecule has 3 rings (SSSR count). The lowest BCUT2D eigenvalue weighted by Gasteiger charge is -2.32. The summed E-state index contributed by atoms with van der Waals surface area (Å²) in [5.74, 6) is 0.976. The molecule has 0 spiro atoms. The molecule has 1 fully saturated rings. The molecule has 1 saturated heterocycles. The van der Waals surface area contributed by atoms with Crippen LogP contribution in [0.1, 0.15) is 23.2 Å². The number of hydrogen-bond acceptors (Lipinski definition) is 4. The molecule has 1 aliphatic rings. The number of carbonyl (C=O) groups excluding carboxylic acids is 1. The quantitative estimate of drug-likeness (QED) is 0.856. The molecule has 0 radical (unpaired) electrons. The molecular weight excluding hydrogens is 280 g/mol. The third kappa shape index (κ3) is 3.17. The summed E-state index contributed by atoms with van der Waals surface area (Å²) in [6.45, 7) is 3.66. The second-order valence-corrected chi connectivity index (χ2v) is 5.59. The van der Waals surface area contributed by atoms with Gasteiger partial charge in [-0.25, -0.2) is 4.98 Å². The van der Waals surface area contributed by atoms with Gasteiger partial charge in [0.05, 0.1) is 25.3 Å². The Labute approximate surface area is 129 Å². The van der Waals surface area contributed by atoms with E-state index in [-0.39, 0.29) is 12.0 Å². The summed E-state index contributed by atoms with van der Waals surface area (Å²) >= 11 is 0. The highest BCUT2D eigenvalue weighted by atomic mass is 16.5. The predicted octanol–water partition coefficient (Wildman–Crippen LogP) is 1.27. The molecule has 0 saturated carbocycles. The molecule has 0 N–H and O–H groups in total. The lowest BCUT2D eigenvalue weighted by molar-refractivity contribution is -0.138. The predicted molar refractivity (Wildman–Crippen MR) is 81.2 cm³/mol. The Kier molecular flexibility index (Phi) is 4.20. The molecule has 116 valence electrons. The van der Waals surface area contributed by atoms with Crippen molar-refractivity contribution in [2.75, 3.05) is 19.7 Å². The third-order valence-corrected chi connectivity index (χ3v) is 3.82. The zero-order valence-electron chi connectivity index (χ0n) is 12.9. The topological polar surface area (TPSA) is 60.2 Å². The summed E-state index contributed by atoms with van der Waals surface area (Å²) in [7, 11) is 1.95. The lowest BCUT2D eigenvalue weighted by atomic mass is 10.1. The number of hydrogen-bond donors (Lipinski definition) is 0. The Bertz CT molecular complexity index is 653. The second kappa shape index (κ2) is 6.27. The van der Waals surface area contributed by atoms with Gasteiger partial charge in [0, 0.05) is 32.2 Å². The Morgan fingerprint density at radius 2 is 2.36 bits per heavy atom. The smallest absolute Gasteiger partial charge is 0.227 e. The van der Waals surface area contributed by atoms with Gasteiger partial charge in [0.2, 0.25) is 5.91 Å². The van der Waals surface area contributed by atoms with Crippen LogP contribution in [0.3, 0.4) is 0 Å². The minimum atomic E-state index is -0.162. The van der Waals surface area contributed by atoms with Crippen LogP contribution in [0.2, 0.25) is 0 Å². The van der Waals surface area contributed by atoms with Gasteiger partial charge in [0.15, 0.2) is 0 Å². The summed E-state index contributed by atoms with van der Waals surface area (Å²) in [6, 6.07) is 3.77. The van der Waals surface area contributed by atoms with Crippen LogP contribution in [0, 0.1) is 6.92 Å². The van der Waals surface area contributed by atoms with Crippen LogP contribution < -0.4 is 0 Å². The average molecular weight is 300 g/mol. The van der Waals surface area contributed by atoms with Crippen molar-refractivity contribution in [2.45, 2.75) is 19.4 Å². The van der Waals surface area contributed by atoms with Crippen molar-refractivity contribution in [2.24, 2.45) is 7.05 Å². The minimum Gasteiger partial charge on any atom is -0.367 e. The number of amides is 1. The fraction of sp³-hybridized carbons (Fsp3) is 0.438. The van der Waals surface area contributed by atoms with Gasteiger partial charge in [-0.3, -0.25) is 9.78 Å². The second-order valence-electron chi connectivity index (χ2n) is 5.59. The van der Waals surface area contributed by atoms with E-state index in [0.717, 1.165) is 17.1 Å². The number of aromatic nitrogens is 3. The SMILES string of the molecule is Cc1cn(C)c([C@@H]2CN(C(=O)Cc3cccnc3)CCO2)n1. The zero-order valence-corrected chi connectivity index (χ0v) is 12.9. The monoisotopic (exact) mass is 300 g/mol. The van der Waals surface area contributed by atoms with Crippen molar-refractivity contribution in [3.05, 3.63) is 47.8 Å². The zero-order chi connectivity index (χ0) is 15.5. The Morgan fingerprint density at radius 3 is 3.05 bits per heavy atom. The number of aryl methyl sites for hydroxylation is 2. The fourth-order valence-corrected chi connectivity index (χ4v) is 2.76. The molecule has 6 nitrogen and oxygen atoms in total. The van der Waals surface area contributed by atoms with E-state index in [2.05, 4.69) is 9.97 Å². The largest absolute Gasteiger partial charge is 0.367 e. The van der Waals surface area contributed by atoms with E-state index in [1.807, 2.05) is 41.8 Å². The lowest BCUT2D eigenvalue weighted by Crippen LogP contribution is -2.43. The molecule has 0 unspecified atom stereocenters. The number of imidazole rings is 1. The molecule has 1 aliphatic heterocycles. The van der Waals surface area contributed by atoms with Gasteiger partial charge in [-0.05, 0) is 18.6 Å². The summed E-state index contributed by atoms with van der Waals surface area (Å²) in [6.07, 6.45) is 5.63. The van der Waals surface area contributed by atoms with Gasteiger partial charge >= 0.3 is 0 Å². The highest BCUT2D eigenvalue weighted by Gasteiger charge is 2.28. The van der Waals surface area contributed by atoms with Crippen molar-refractivity contribution in [1.29, 1.82) is 0 Å². The maximum Gasteiger partial charge on any atom is 0.227 e. The maximum absolute atomic E-state index is 12.4. The molecule has 0 bridgehead atoms. The van der Waals surface area contributed by atoms with E-state index in [4.69, 9.17) is 4.74 Å². The first kappa shape index (κ1) is 14.7. The van der Waals surface area contributed by atoms with E-state index in [9.17, 15) is 4.79 Å². The molecule has 22 heavy (non-hydrogen) atoms. The average Bonchev–Trinajstić information content (AvgIpc) is 2.87. The van der Waals surface area contributed by atoms with Gasteiger partial charge in [-0.15, -0.1) is 0 Å². The van der Waals surface area contributed by atoms with E-state index in [0.29, 0.717) is 26.1 Å². The van der Waals surface area contributed by atoms with Gasteiger partial charge in [0.25, 0.3) is 0 Å². The van der Waals surface area contributed by atoms with Gasteiger partial charge < -0.3 is 14.2 Å². The van der Waals surface area contributed by atoms with Crippen LogP contribution in [-0.2, 0) is 23.0 Å². The van der Waals surface area contributed by atoms with Crippen LogP contribution >= 0.6 is 0 Å². The molecule has 0 aromatic carbocycles. The molecule has 1 atom stereocenters. The number of nitrogens with zero attached hydrogens (tertiary/aromatic N) is 4. The molecule has 1 amide bonds. The van der Waals surface area contributed by atoms with Gasteiger partial charge in [-0.2, -0.15) is 0 Å².